The Morgan fingerprint density at radius 2 is 1.96 bits per heavy atom. The average molecular weight is 342 g/mol. The van der Waals surface area contributed by atoms with Gasteiger partial charge in [0.25, 0.3) is 11.6 Å². The summed E-state index contributed by atoms with van der Waals surface area (Å²) < 4.78 is 5.61. The van der Waals surface area contributed by atoms with Crippen LogP contribution in [0.3, 0.4) is 0 Å². The van der Waals surface area contributed by atoms with Crippen molar-refractivity contribution >= 4 is 22.9 Å². The highest BCUT2D eigenvalue weighted by Gasteiger charge is 2.17. The van der Waals surface area contributed by atoms with E-state index in [0.717, 1.165) is 4.88 Å². The standard InChI is InChI=1S/C17H14N2O4S/c1-18(11-14-3-2-10-24-14)17(20)16-9-8-15(23-16)12-4-6-13(7-5-12)19(21)22/h2-10H,11H2,1H3. The molecule has 0 aliphatic rings. The lowest BCUT2D eigenvalue weighted by molar-refractivity contribution is -0.384. The molecule has 6 nitrogen and oxygen atoms in total. The molecule has 122 valence electrons. The molecule has 0 aliphatic heterocycles. The number of carbonyl (C=O) groups is 1. The van der Waals surface area contributed by atoms with Crippen LogP contribution >= 0.6 is 11.3 Å². The molecule has 2 heterocycles. The van der Waals surface area contributed by atoms with Crippen molar-refractivity contribution in [3.63, 3.8) is 0 Å². The van der Waals surface area contributed by atoms with E-state index in [0.29, 0.717) is 17.9 Å². The van der Waals surface area contributed by atoms with Gasteiger partial charge in [0.2, 0.25) is 0 Å². The van der Waals surface area contributed by atoms with E-state index in [4.69, 9.17) is 4.42 Å². The summed E-state index contributed by atoms with van der Waals surface area (Å²) >= 11 is 1.59. The Kier molecular flexibility index (Phi) is 4.43. The maximum Gasteiger partial charge on any atom is 0.289 e. The van der Waals surface area contributed by atoms with Gasteiger partial charge in [-0.2, -0.15) is 0 Å². The molecule has 7 heteroatoms. The number of hydrogen-bond acceptors (Lipinski definition) is 5. The first-order chi connectivity index (χ1) is 11.5. The summed E-state index contributed by atoms with van der Waals surface area (Å²) in [7, 11) is 1.72. The Bertz CT molecular complexity index is 853. The molecule has 0 N–H and O–H groups in total. The van der Waals surface area contributed by atoms with Crippen LogP contribution in [0.15, 0.2) is 58.3 Å². The topological polar surface area (TPSA) is 76.6 Å². The monoisotopic (exact) mass is 342 g/mol. The van der Waals surface area contributed by atoms with E-state index in [1.165, 1.54) is 12.1 Å². The summed E-state index contributed by atoms with van der Waals surface area (Å²) in [5.74, 6) is 0.525. The zero-order valence-electron chi connectivity index (χ0n) is 12.8. The van der Waals surface area contributed by atoms with Gasteiger partial charge in [-0.25, -0.2) is 0 Å². The fourth-order valence-electron chi connectivity index (χ4n) is 2.25. The quantitative estimate of drug-likeness (QED) is 0.514. The Labute approximate surface area is 142 Å². The summed E-state index contributed by atoms with van der Waals surface area (Å²) in [6.45, 7) is 0.518. The molecule has 0 saturated heterocycles. The van der Waals surface area contributed by atoms with Crippen LogP contribution in [0.1, 0.15) is 15.4 Å². The van der Waals surface area contributed by atoms with Gasteiger partial charge in [0, 0.05) is 29.6 Å². The number of nitro groups is 1. The van der Waals surface area contributed by atoms with Crippen molar-refractivity contribution in [1.29, 1.82) is 0 Å². The molecule has 2 aromatic heterocycles. The Morgan fingerprint density at radius 1 is 1.21 bits per heavy atom. The summed E-state index contributed by atoms with van der Waals surface area (Å²) in [6.07, 6.45) is 0. The highest BCUT2D eigenvalue weighted by atomic mass is 32.1. The van der Waals surface area contributed by atoms with Gasteiger partial charge >= 0.3 is 0 Å². The fourth-order valence-corrected chi connectivity index (χ4v) is 3.01. The van der Waals surface area contributed by atoms with Gasteiger partial charge < -0.3 is 9.32 Å². The molecule has 0 radical (unpaired) electrons. The van der Waals surface area contributed by atoms with Crippen molar-refractivity contribution < 1.29 is 14.1 Å². The lowest BCUT2D eigenvalue weighted by Gasteiger charge is -2.14. The first-order valence-electron chi connectivity index (χ1n) is 7.17. The maximum atomic E-state index is 12.4. The molecule has 0 bridgehead atoms. The van der Waals surface area contributed by atoms with Crippen molar-refractivity contribution in [2.75, 3.05) is 7.05 Å². The van der Waals surface area contributed by atoms with Crippen LogP contribution in [-0.2, 0) is 6.54 Å². The maximum absolute atomic E-state index is 12.4. The molecule has 24 heavy (non-hydrogen) atoms. The molecule has 0 unspecified atom stereocenters. The number of hydrogen-bond donors (Lipinski definition) is 0. The Hall–Kier alpha value is -2.93. The number of benzene rings is 1. The number of furan rings is 1. The van der Waals surface area contributed by atoms with Crippen molar-refractivity contribution in [2.45, 2.75) is 6.54 Å². The lowest BCUT2D eigenvalue weighted by Crippen LogP contribution is -2.25. The zero-order valence-corrected chi connectivity index (χ0v) is 13.7. The van der Waals surface area contributed by atoms with Crippen molar-refractivity contribution in [1.82, 2.24) is 4.90 Å². The van der Waals surface area contributed by atoms with Crippen LogP contribution in [0.4, 0.5) is 5.69 Å². The van der Waals surface area contributed by atoms with Crippen LogP contribution in [0.2, 0.25) is 0 Å². The largest absolute Gasteiger partial charge is 0.451 e. The number of non-ortho nitro benzene ring substituents is 1. The normalized spacial score (nSPS) is 10.5. The number of carbonyl (C=O) groups excluding carboxylic acids is 1. The minimum atomic E-state index is -0.458. The summed E-state index contributed by atoms with van der Waals surface area (Å²) in [4.78, 5) is 25.3. The molecule has 0 saturated carbocycles. The van der Waals surface area contributed by atoms with Crippen molar-refractivity contribution in [3.05, 3.63) is 74.7 Å². The van der Waals surface area contributed by atoms with Crippen molar-refractivity contribution in [2.24, 2.45) is 0 Å². The van der Waals surface area contributed by atoms with E-state index in [9.17, 15) is 14.9 Å². The molecule has 0 aliphatic carbocycles. The SMILES string of the molecule is CN(Cc1cccs1)C(=O)c1ccc(-c2ccc([N+](=O)[O-])cc2)o1. The zero-order chi connectivity index (χ0) is 17.1. The van der Waals surface area contributed by atoms with Crippen LogP contribution in [-0.4, -0.2) is 22.8 Å². The lowest BCUT2D eigenvalue weighted by atomic mass is 10.1. The van der Waals surface area contributed by atoms with E-state index in [1.54, 1.807) is 47.5 Å². The molecular formula is C17H14N2O4S. The van der Waals surface area contributed by atoms with E-state index in [1.807, 2.05) is 17.5 Å². The van der Waals surface area contributed by atoms with E-state index < -0.39 is 4.92 Å². The van der Waals surface area contributed by atoms with E-state index >= 15 is 0 Å². The Balaban J connectivity index is 1.74. The molecule has 1 amide bonds. The minimum absolute atomic E-state index is 0.0114. The highest BCUT2D eigenvalue weighted by molar-refractivity contribution is 7.09. The number of nitrogens with zero attached hydrogens (tertiary/aromatic N) is 2. The summed E-state index contributed by atoms with van der Waals surface area (Å²) in [5, 5.41) is 12.6. The predicted octanol–water partition coefficient (Wildman–Crippen LogP) is 4.19. The number of nitro benzene ring substituents is 1. The third-order valence-corrected chi connectivity index (χ3v) is 4.36. The third kappa shape index (κ3) is 3.36. The molecule has 3 aromatic rings. The average Bonchev–Trinajstić information content (AvgIpc) is 3.26. The number of rotatable bonds is 5. The predicted molar refractivity (Wildman–Crippen MR) is 90.9 cm³/mol. The van der Waals surface area contributed by atoms with Gasteiger partial charge in [0.05, 0.1) is 11.5 Å². The molecular weight excluding hydrogens is 328 g/mol. The second-order valence-corrected chi connectivity index (χ2v) is 6.24. The molecule has 0 fully saturated rings. The minimum Gasteiger partial charge on any atom is -0.451 e. The van der Waals surface area contributed by atoms with Gasteiger partial charge in [-0.3, -0.25) is 14.9 Å². The second kappa shape index (κ2) is 6.67. The van der Waals surface area contributed by atoms with Crippen LogP contribution in [0, 0.1) is 10.1 Å². The van der Waals surface area contributed by atoms with Gasteiger partial charge in [-0.05, 0) is 35.7 Å². The first-order valence-corrected chi connectivity index (χ1v) is 8.05. The van der Waals surface area contributed by atoms with Gasteiger partial charge in [0.15, 0.2) is 5.76 Å². The van der Waals surface area contributed by atoms with Crippen LogP contribution < -0.4 is 0 Å². The number of amides is 1. The summed E-state index contributed by atoms with van der Waals surface area (Å²) in [5.41, 5.74) is 0.692. The molecule has 0 atom stereocenters. The van der Waals surface area contributed by atoms with E-state index in [2.05, 4.69) is 0 Å². The number of thiophene rings is 1. The first kappa shape index (κ1) is 15.9. The van der Waals surface area contributed by atoms with Crippen LogP contribution in [0.25, 0.3) is 11.3 Å². The van der Waals surface area contributed by atoms with Gasteiger partial charge in [-0.1, -0.05) is 6.07 Å². The summed E-state index contributed by atoms with van der Waals surface area (Å²) in [6, 6.07) is 13.2. The second-order valence-electron chi connectivity index (χ2n) is 5.21. The third-order valence-electron chi connectivity index (χ3n) is 3.50. The van der Waals surface area contributed by atoms with Crippen molar-refractivity contribution in [3.8, 4) is 11.3 Å². The fraction of sp³-hybridized carbons (Fsp3) is 0.118. The molecule has 0 spiro atoms. The smallest absolute Gasteiger partial charge is 0.289 e. The van der Waals surface area contributed by atoms with Gasteiger partial charge in [-0.15, -0.1) is 11.3 Å². The molecule has 3 rings (SSSR count). The Morgan fingerprint density at radius 3 is 2.58 bits per heavy atom. The van der Waals surface area contributed by atoms with E-state index in [-0.39, 0.29) is 17.4 Å². The van der Waals surface area contributed by atoms with Gasteiger partial charge in [0.1, 0.15) is 5.76 Å². The van der Waals surface area contributed by atoms with Crippen LogP contribution in [0.5, 0.6) is 0 Å². The molecule has 1 aromatic carbocycles. The highest BCUT2D eigenvalue weighted by Crippen LogP contribution is 2.25.